The van der Waals surface area contributed by atoms with Crippen LogP contribution in [0.1, 0.15) is 41.0 Å². The maximum absolute atomic E-state index is 12.5. The first kappa shape index (κ1) is 23.9. The van der Waals surface area contributed by atoms with Crippen LogP contribution >= 0.6 is 0 Å². The first-order chi connectivity index (χ1) is 13.8. The number of hydrogen-bond donors (Lipinski definition) is 0. The summed E-state index contributed by atoms with van der Waals surface area (Å²) in [5.74, 6) is 1.68. The standard InChI is InChI=1S/C22H36N4O3Si/c1-16(2)14-15-25(6)21(27)28-20-19(23-24-26(20)7)17-10-12-18(13-11-17)29-30(8,9)22(3,4)5/h10-13,16H,14-15H2,1-9H3. The van der Waals surface area contributed by atoms with Crippen LogP contribution in [0, 0.1) is 5.92 Å². The molecule has 1 aromatic heterocycles. The number of benzene rings is 1. The van der Waals surface area contributed by atoms with E-state index in [1.807, 2.05) is 24.3 Å². The SMILES string of the molecule is CC(C)CCN(C)C(=O)Oc1c(-c2ccc(O[Si](C)(C)C(C)(C)C)cc2)nnn1C. The number of ether oxygens (including phenoxy) is 1. The highest BCUT2D eigenvalue weighted by atomic mass is 28.4. The third kappa shape index (κ3) is 5.84. The average molecular weight is 433 g/mol. The van der Waals surface area contributed by atoms with Gasteiger partial charge in [-0.15, -0.1) is 5.10 Å². The molecule has 30 heavy (non-hydrogen) atoms. The van der Waals surface area contributed by atoms with Gasteiger partial charge in [0, 0.05) is 26.2 Å². The molecule has 8 heteroatoms. The minimum absolute atomic E-state index is 0.125. The second-order valence-electron chi connectivity index (χ2n) is 9.73. The average Bonchev–Trinajstić information content (AvgIpc) is 2.99. The fourth-order valence-electron chi connectivity index (χ4n) is 2.48. The zero-order valence-electron chi connectivity index (χ0n) is 19.8. The molecular weight excluding hydrogens is 396 g/mol. The van der Waals surface area contributed by atoms with Gasteiger partial charge in [0.15, 0.2) is 5.69 Å². The molecule has 0 aliphatic carbocycles. The Morgan fingerprint density at radius 2 is 1.80 bits per heavy atom. The van der Waals surface area contributed by atoms with E-state index < -0.39 is 14.4 Å². The Balaban J connectivity index is 2.17. The van der Waals surface area contributed by atoms with Crippen molar-refractivity contribution in [2.24, 2.45) is 13.0 Å². The fraction of sp³-hybridized carbons (Fsp3) is 0.591. The van der Waals surface area contributed by atoms with Crippen molar-refractivity contribution in [3.05, 3.63) is 24.3 Å². The monoisotopic (exact) mass is 432 g/mol. The number of amides is 1. The lowest BCUT2D eigenvalue weighted by molar-refractivity contribution is 0.157. The highest BCUT2D eigenvalue weighted by molar-refractivity contribution is 6.74. The third-order valence-corrected chi connectivity index (χ3v) is 9.98. The predicted molar refractivity (Wildman–Crippen MR) is 122 cm³/mol. The van der Waals surface area contributed by atoms with Crippen molar-refractivity contribution in [3.63, 3.8) is 0 Å². The second-order valence-corrected chi connectivity index (χ2v) is 14.5. The smallest absolute Gasteiger partial charge is 0.416 e. The summed E-state index contributed by atoms with van der Waals surface area (Å²) in [6.07, 6.45) is 0.498. The van der Waals surface area contributed by atoms with Gasteiger partial charge in [0.1, 0.15) is 5.75 Å². The Bertz CT molecular complexity index is 854. The normalized spacial score (nSPS) is 12.2. The second kappa shape index (κ2) is 9.20. The summed E-state index contributed by atoms with van der Waals surface area (Å²) < 4.78 is 13.4. The van der Waals surface area contributed by atoms with E-state index >= 15 is 0 Å². The highest BCUT2D eigenvalue weighted by Crippen LogP contribution is 2.38. The van der Waals surface area contributed by atoms with Crippen LogP contribution in [0.2, 0.25) is 18.1 Å². The molecule has 1 amide bonds. The molecule has 2 rings (SSSR count). The number of rotatable bonds is 7. The number of carbonyl (C=O) groups excluding carboxylic acids is 1. The van der Waals surface area contributed by atoms with Crippen LogP contribution in [0.4, 0.5) is 4.79 Å². The van der Waals surface area contributed by atoms with Gasteiger partial charge in [-0.1, -0.05) is 39.8 Å². The maximum Gasteiger partial charge on any atom is 0.416 e. The minimum Gasteiger partial charge on any atom is -0.544 e. The molecule has 0 bridgehead atoms. The molecule has 0 aliphatic rings. The van der Waals surface area contributed by atoms with Crippen LogP contribution in [-0.2, 0) is 7.05 Å². The van der Waals surface area contributed by atoms with E-state index in [1.165, 1.54) is 4.68 Å². The molecule has 0 spiro atoms. The van der Waals surface area contributed by atoms with E-state index in [0.29, 0.717) is 24.0 Å². The van der Waals surface area contributed by atoms with Gasteiger partial charge in [-0.25, -0.2) is 9.48 Å². The first-order valence-electron chi connectivity index (χ1n) is 10.4. The summed E-state index contributed by atoms with van der Waals surface area (Å²) in [6.45, 7) is 16.0. The van der Waals surface area contributed by atoms with E-state index in [0.717, 1.165) is 17.7 Å². The Labute approximate surface area is 181 Å². The summed E-state index contributed by atoms with van der Waals surface area (Å²) in [5, 5.41) is 8.37. The van der Waals surface area contributed by atoms with E-state index in [2.05, 4.69) is 58.0 Å². The van der Waals surface area contributed by atoms with Crippen LogP contribution in [-0.4, -0.2) is 47.9 Å². The van der Waals surface area contributed by atoms with Crippen molar-refractivity contribution < 1.29 is 14.0 Å². The molecule has 1 aromatic carbocycles. The van der Waals surface area contributed by atoms with Gasteiger partial charge in [0.25, 0.3) is 5.88 Å². The zero-order valence-corrected chi connectivity index (χ0v) is 20.8. The Morgan fingerprint density at radius 1 is 1.20 bits per heavy atom. The molecule has 0 atom stereocenters. The Kier molecular flexibility index (Phi) is 7.34. The molecule has 0 saturated carbocycles. The molecule has 1 heterocycles. The van der Waals surface area contributed by atoms with Crippen molar-refractivity contribution in [1.82, 2.24) is 19.9 Å². The number of hydrogen-bond acceptors (Lipinski definition) is 5. The van der Waals surface area contributed by atoms with Crippen molar-refractivity contribution in [2.45, 2.75) is 59.2 Å². The van der Waals surface area contributed by atoms with Crippen molar-refractivity contribution in [3.8, 4) is 22.9 Å². The van der Waals surface area contributed by atoms with Crippen LogP contribution in [0.5, 0.6) is 11.6 Å². The summed E-state index contributed by atoms with van der Waals surface area (Å²) in [6, 6.07) is 7.72. The molecule has 2 aromatic rings. The molecule has 0 N–H and O–H groups in total. The third-order valence-electron chi connectivity index (χ3n) is 5.62. The summed E-state index contributed by atoms with van der Waals surface area (Å²) >= 11 is 0. The Hall–Kier alpha value is -2.35. The molecule has 0 fully saturated rings. The van der Waals surface area contributed by atoms with Crippen LogP contribution in [0.15, 0.2) is 24.3 Å². The van der Waals surface area contributed by atoms with Gasteiger partial charge in [-0.2, -0.15) is 0 Å². The molecule has 7 nitrogen and oxygen atoms in total. The number of nitrogens with zero attached hydrogens (tertiary/aromatic N) is 4. The number of aromatic nitrogens is 3. The molecule has 0 saturated heterocycles. The lowest BCUT2D eigenvalue weighted by Crippen LogP contribution is -2.43. The van der Waals surface area contributed by atoms with E-state index in [1.54, 1.807) is 19.0 Å². The topological polar surface area (TPSA) is 69.5 Å². The Morgan fingerprint density at radius 3 is 2.33 bits per heavy atom. The number of carbonyl (C=O) groups is 1. The summed E-state index contributed by atoms with van der Waals surface area (Å²) in [4.78, 5) is 14.1. The molecule has 0 radical (unpaired) electrons. The molecule has 0 aliphatic heterocycles. The van der Waals surface area contributed by atoms with Gasteiger partial charge >= 0.3 is 6.09 Å². The quantitative estimate of drug-likeness (QED) is 0.552. The van der Waals surface area contributed by atoms with Gasteiger partial charge < -0.3 is 14.1 Å². The van der Waals surface area contributed by atoms with Gasteiger partial charge in [-0.05, 0) is 54.7 Å². The molecule has 166 valence electrons. The fourth-order valence-corrected chi connectivity index (χ4v) is 3.51. The van der Waals surface area contributed by atoms with Crippen molar-refractivity contribution in [2.75, 3.05) is 13.6 Å². The van der Waals surface area contributed by atoms with E-state index in [-0.39, 0.29) is 5.04 Å². The van der Waals surface area contributed by atoms with Crippen LogP contribution < -0.4 is 9.16 Å². The first-order valence-corrected chi connectivity index (χ1v) is 13.3. The largest absolute Gasteiger partial charge is 0.544 e. The van der Waals surface area contributed by atoms with Gasteiger partial charge in [0.05, 0.1) is 0 Å². The highest BCUT2D eigenvalue weighted by Gasteiger charge is 2.39. The lowest BCUT2D eigenvalue weighted by atomic mass is 10.1. The van der Waals surface area contributed by atoms with Crippen molar-refractivity contribution in [1.29, 1.82) is 0 Å². The van der Waals surface area contributed by atoms with E-state index in [4.69, 9.17) is 9.16 Å². The van der Waals surface area contributed by atoms with Crippen LogP contribution in [0.3, 0.4) is 0 Å². The zero-order chi connectivity index (χ0) is 22.7. The summed E-state index contributed by atoms with van der Waals surface area (Å²) in [7, 11) is 1.54. The lowest BCUT2D eigenvalue weighted by Gasteiger charge is -2.36. The maximum atomic E-state index is 12.5. The number of aryl methyl sites for hydroxylation is 1. The van der Waals surface area contributed by atoms with Crippen LogP contribution in [0.25, 0.3) is 11.3 Å². The minimum atomic E-state index is -1.91. The van der Waals surface area contributed by atoms with Gasteiger partial charge in [0.2, 0.25) is 8.32 Å². The molecule has 0 unspecified atom stereocenters. The molecular formula is C22H36N4O3Si. The van der Waals surface area contributed by atoms with Gasteiger partial charge in [-0.3, -0.25) is 0 Å². The summed E-state index contributed by atoms with van der Waals surface area (Å²) in [5.41, 5.74) is 1.35. The van der Waals surface area contributed by atoms with E-state index in [9.17, 15) is 4.79 Å². The van der Waals surface area contributed by atoms with Crippen molar-refractivity contribution >= 4 is 14.4 Å². The predicted octanol–water partition coefficient (Wildman–Crippen LogP) is 5.34.